The lowest BCUT2D eigenvalue weighted by Gasteiger charge is -2.36. The molecule has 0 saturated carbocycles. The Balaban J connectivity index is 1.57. The Morgan fingerprint density at radius 3 is 2.18 bits per heavy atom. The van der Waals surface area contributed by atoms with Crippen molar-refractivity contribution in [2.45, 2.75) is 6.18 Å². The Bertz CT molecular complexity index is 934. The van der Waals surface area contributed by atoms with Gasteiger partial charge in [-0.3, -0.25) is 0 Å². The van der Waals surface area contributed by atoms with Crippen LogP contribution in [0, 0.1) is 5.82 Å². The van der Waals surface area contributed by atoms with Crippen LogP contribution in [0.25, 0.3) is 10.6 Å². The van der Waals surface area contributed by atoms with Crippen molar-refractivity contribution in [1.82, 2.24) is 9.97 Å². The van der Waals surface area contributed by atoms with E-state index in [9.17, 15) is 17.6 Å². The molecular formula is C19H16F4N4S. The third-order valence-electron chi connectivity index (χ3n) is 4.53. The first kappa shape index (κ1) is 18.7. The monoisotopic (exact) mass is 408 g/mol. The first-order valence-corrected chi connectivity index (χ1v) is 9.54. The minimum absolute atomic E-state index is 0.0805. The van der Waals surface area contributed by atoms with Crippen LogP contribution in [-0.4, -0.2) is 36.1 Å². The van der Waals surface area contributed by atoms with Crippen LogP contribution in [0.4, 0.5) is 29.2 Å². The highest BCUT2D eigenvalue weighted by Gasteiger charge is 2.34. The molecule has 4 rings (SSSR count). The predicted octanol–water partition coefficient (Wildman–Crippen LogP) is 4.69. The van der Waals surface area contributed by atoms with Crippen LogP contribution in [0.1, 0.15) is 5.69 Å². The van der Waals surface area contributed by atoms with Crippen molar-refractivity contribution < 1.29 is 17.6 Å². The second-order valence-corrected chi connectivity index (χ2v) is 7.31. The molecule has 1 aliphatic rings. The van der Waals surface area contributed by atoms with Gasteiger partial charge in [-0.15, -0.1) is 11.3 Å². The van der Waals surface area contributed by atoms with E-state index in [4.69, 9.17) is 0 Å². The molecule has 0 N–H and O–H groups in total. The summed E-state index contributed by atoms with van der Waals surface area (Å²) in [6.45, 7) is 2.12. The summed E-state index contributed by atoms with van der Waals surface area (Å²) in [4.78, 5) is 12.6. The number of alkyl halides is 3. The van der Waals surface area contributed by atoms with Crippen LogP contribution in [0.5, 0.6) is 0 Å². The molecule has 0 radical (unpaired) electrons. The zero-order valence-corrected chi connectivity index (χ0v) is 15.5. The van der Waals surface area contributed by atoms with Crippen LogP contribution in [0.2, 0.25) is 0 Å². The largest absolute Gasteiger partial charge is 0.433 e. The molecule has 0 amide bonds. The fourth-order valence-electron chi connectivity index (χ4n) is 3.09. The number of benzene rings is 1. The molecule has 4 nitrogen and oxygen atoms in total. The highest BCUT2D eigenvalue weighted by atomic mass is 32.1. The summed E-state index contributed by atoms with van der Waals surface area (Å²) in [5, 5.41) is 1.80. The van der Waals surface area contributed by atoms with Gasteiger partial charge in [0.1, 0.15) is 5.82 Å². The predicted molar refractivity (Wildman–Crippen MR) is 101 cm³/mol. The molecule has 0 aliphatic carbocycles. The van der Waals surface area contributed by atoms with Crippen molar-refractivity contribution >= 4 is 23.0 Å². The average molecular weight is 408 g/mol. The number of rotatable bonds is 3. The molecule has 1 saturated heterocycles. The van der Waals surface area contributed by atoms with Gasteiger partial charge in [-0.2, -0.15) is 13.2 Å². The molecule has 0 unspecified atom stereocenters. The average Bonchev–Trinajstić information content (AvgIpc) is 3.23. The molecule has 1 fully saturated rings. The molecule has 3 heterocycles. The molecule has 0 spiro atoms. The van der Waals surface area contributed by atoms with E-state index >= 15 is 0 Å². The fraction of sp³-hybridized carbons (Fsp3) is 0.263. The third-order valence-corrected chi connectivity index (χ3v) is 5.43. The Kier molecular flexibility index (Phi) is 4.92. The number of anilines is 2. The van der Waals surface area contributed by atoms with Crippen LogP contribution < -0.4 is 9.80 Å². The van der Waals surface area contributed by atoms with E-state index in [1.807, 2.05) is 0 Å². The zero-order chi connectivity index (χ0) is 19.7. The van der Waals surface area contributed by atoms with Gasteiger partial charge in [-0.25, -0.2) is 14.4 Å². The third kappa shape index (κ3) is 3.94. The summed E-state index contributed by atoms with van der Waals surface area (Å²) < 4.78 is 53.1. The highest BCUT2D eigenvalue weighted by molar-refractivity contribution is 7.13. The summed E-state index contributed by atoms with van der Waals surface area (Å²) in [7, 11) is 0. The standard InChI is InChI=1S/C19H16F4N4S/c20-13-3-5-14(6-4-13)26-7-9-27(10-8-26)18-24-15(16-2-1-11-28-16)12-17(25-18)19(21,22)23/h1-6,11-12H,7-10H2. The van der Waals surface area contributed by atoms with E-state index in [0.29, 0.717) is 31.1 Å². The van der Waals surface area contributed by atoms with Crippen molar-refractivity contribution in [3.8, 4) is 10.6 Å². The van der Waals surface area contributed by atoms with E-state index in [0.717, 1.165) is 11.8 Å². The number of hydrogen-bond acceptors (Lipinski definition) is 5. The maximum absolute atomic E-state index is 13.3. The lowest BCUT2D eigenvalue weighted by Crippen LogP contribution is -2.47. The van der Waals surface area contributed by atoms with Gasteiger partial charge in [0.2, 0.25) is 5.95 Å². The molecule has 0 bridgehead atoms. The molecule has 28 heavy (non-hydrogen) atoms. The van der Waals surface area contributed by atoms with Crippen LogP contribution in [0.15, 0.2) is 47.8 Å². The summed E-state index contributed by atoms with van der Waals surface area (Å²) >= 11 is 1.33. The molecule has 2 aromatic heterocycles. The molecule has 1 aromatic carbocycles. The van der Waals surface area contributed by atoms with Gasteiger partial charge in [0.25, 0.3) is 0 Å². The Labute approximate surface area is 163 Å². The maximum atomic E-state index is 13.3. The zero-order valence-electron chi connectivity index (χ0n) is 14.7. The summed E-state index contributed by atoms with van der Waals surface area (Å²) in [6.07, 6.45) is -4.54. The van der Waals surface area contributed by atoms with E-state index in [1.165, 1.54) is 23.5 Å². The molecule has 9 heteroatoms. The first-order chi connectivity index (χ1) is 13.4. The van der Waals surface area contributed by atoms with E-state index < -0.39 is 11.9 Å². The van der Waals surface area contributed by atoms with Crippen molar-refractivity contribution in [2.24, 2.45) is 0 Å². The van der Waals surface area contributed by atoms with Crippen molar-refractivity contribution in [3.05, 3.63) is 59.4 Å². The van der Waals surface area contributed by atoms with Crippen LogP contribution >= 0.6 is 11.3 Å². The lowest BCUT2D eigenvalue weighted by molar-refractivity contribution is -0.141. The normalized spacial score (nSPS) is 15.1. The number of halogens is 4. The molecule has 3 aromatic rings. The first-order valence-electron chi connectivity index (χ1n) is 8.66. The van der Waals surface area contributed by atoms with Crippen molar-refractivity contribution in [1.29, 1.82) is 0 Å². The van der Waals surface area contributed by atoms with Gasteiger partial charge in [0.05, 0.1) is 10.6 Å². The SMILES string of the molecule is Fc1ccc(N2CCN(c3nc(-c4cccs4)cc(C(F)(F)F)n3)CC2)cc1. The van der Waals surface area contributed by atoms with Gasteiger partial charge < -0.3 is 9.80 Å². The Morgan fingerprint density at radius 2 is 1.57 bits per heavy atom. The second kappa shape index (κ2) is 7.38. The van der Waals surface area contributed by atoms with E-state index in [2.05, 4.69) is 14.9 Å². The van der Waals surface area contributed by atoms with E-state index in [-0.39, 0.29) is 17.5 Å². The minimum atomic E-state index is -4.54. The fourth-order valence-corrected chi connectivity index (χ4v) is 3.77. The topological polar surface area (TPSA) is 32.3 Å². The minimum Gasteiger partial charge on any atom is -0.368 e. The summed E-state index contributed by atoms with van der Waals surface area (Å²) in [5.74, 6) is -0.224. The van der Waals surface area contributed by atoms with Crippen molar-refractivity contribution in [3.63, 3.8) is 0 Å². The van der Waals surface area contributed by atoms with Gasteiger partial charge >= 0.3 is 6.18 Å². The summed E-state index contributed by atoms with van der Waals surface area (Å²) in [6, 6.07) is 10.7. The quantitative estimate of drug-likeness (QED) is 0.589. The Morgan fingerprint density at radius 1 is 0.893 bits per heavy atom. The van der Waals surface area contributed by atoms with Crippen LogP contribution in [-0.2, 0) is 6.18 Å². The molecule has 1 aliphatic heterocycles. The van der Waals surface area contributed by atoms with Gasteiger partial charge in [0, 0.05) is 31.9 Å². The second-order valence-electron chi connectivity index (χ2n) is 6.36. The highest BCUT2D eigenvalue weighted by Crippen LogP contribution is 2.33. The Hall–Kier alpha value is -2.68. The number of hydrogen-bond donors (Lipinski definition) is 0. The van der Waals surface area contributed by atoms with Crippen molar-refractivity contribution in [2.75, 3.05) is 36.0 Å². The maximum Gasteiger partial charge on any atom is 0.433 e. The number of thiophene rings is 1. The number of piperazine rings is 1. The van der Waals surface area contributed by atoms with Crippen LogP contribution in [0.3, 0.4) is 0 Å². The lowest BCUT2D eigenvalue weighted by atomic mass is 10.2. The van der Waals surface area contributed by atoms with Gasteiger partial charge in [-0.05, 0) is 41.8 Å². The molecular weight excluding hydrogens is 392 g/mol. The van der Waals surface area contributed by atoms with Gasteiger partial charge in [-0.1, -0.05) is 6.07 Å². The number of aromatic nitrogens is 2. The van der Waals surface area contributed by atoms with E-state index in [1.54, 1.807) is 34.5 Å². The number of nitrogens with zero attached hydrogens (tertiary/aromatic N) is 4. The summed E-state index contributed by atoms with van der Waals surface area (Å²) in [5.41, 5.74) is 0.209. The van der Waals surface area contributed by atoms with Gasteiger partial charge in [0.15, 0.2) is 5.69 Å². The molecule has 146 valence electrons. The molecule has 0 atom stereocenters. The smallest absolute Gasteiger partial charge is 0.368 e.